The molecule has 3 nitrogen and oxygen atoms in total. The van der Waals surface area contributed by atoms with Crippen LogP contribution in [0.2, 0.25) is 0 Å². The predicted molar refractivity (Wildman–Crippen MR) is 64.0 cm³/mol. The van der Waals surface area contributed by atoms with E-state index < -0.39 is 0 Å². The van der Waals surface area contributed by atoms with Crippen LogP contribution < -0.4 is 5.32 Å². The molecule has 0 saturated heterocycles. The van der Waals surface area contributed by atoms with Crippen LogP contribution in [0.3, 0.4) is 0 Å². The van der Waals surface area contributed by atoms with Crippen molar-refractivity contribution in [1.82, 2.24) is 5.32 Å². The molecule has 1 rings (SSSR count). The fourth-order valence-corrected chi connectivity index (χ4v) is 1.67. The second kappa shape index (κ2) is 6.35. The van der Waals surface area contributed by atoms with Crippen LogP contribution in [0, 0.1) is 5.82 Å². The van der Waals surface area contributed by atoms with Crippen LogP contribution in [0.25, 0.3) is 0 Å². The number of hydrogen-bond donors (Lipinski definition) is 1. The zero-order valence-electron chi connectivity index (χ0n) is 10.4. The van der Waals surface area contributed by atoms with Crippen molar-refractivity contribution in [3.8, 4) is 0 Å². The normalized spacial score (nSPS) is 12.5. The number of hydrogen-bond acceptors (Lipinski definition) is 3. The lowest BCUT2D eigenvalue weighted by Crippen LogP contribution is -2.30. The zero-order chi connectivity index (χ0) is 12.8. The second-order valence-corrected chi connectivity index (χ2v) is 4.18. The fraction of sp³-hybridized carbons (Fsp3) is 0.462. The van der Waals surface area contributed by atoms with Gasteiger partial charge >= 0.3 is 5.97 Å². The van der Waals surface area contributed by atoms with E-state index in [1.165, 1.54) is 13.2 Å². The fourth-order valence-electron chi connectivity index (χ4n) is 1.67. The van der Waals surface area contributed by atoms with E-state index in [1.54, 1.807) is 18.2 Å². The van der Waals surface area contributed by atoms with Crippen molar-refractivity contribution in [3.63, 3.8) is 0 Å². The Hall–Kier alpha value is -1.42. The first-order chi connectivity index (χ1) is 8.04. The Bertz CT molecular complexity index is 379. The SMILES string of the molecule is COC(=O)CC(NC(C)C)c1ccccc1F. The van der Waals surface area contributed by atoms with Crippen LogP contribution in [-0.4, -0.2) is 19.1 Å². The number of halogens is 1. The Morgan fingerprint density at radius 1 is 1.41 bits per heavy atom. The van der Waals surface area contributed by atoms with Crippen molar-refractivity contribution in [3.05, 3.63) is 35.6 Å². The van der Waals surface area contributed by atoms with E-state index in [4.69, 9.17) is 0 Å². The minimum atomic E-state index is -0.358. The summed E-state index contributed by atoms with van der Waals surface area (Å²) < 4.78 is 18.3. The number of carbonyl (C=O) groups is 1. The highest BCUT2D eigenvalue weighted by atomic mass is 19.1. The maximum absolute atomic E-state index is 13.7. The molecule has 0 aromatic heterocycles. The van der Waals surface area contributed by atoms with Gasteiger partial charge in [0.1, 0.15) is 5.82 Å². The molecule has 1 atom stereocenters. The Labute approximate surface area is 101 Å². The summed E-state index contributed by atoms with van der Waals surface area (Å²) in [5, 5.41) is 3.16. The first kappa shape index (κ1) is 13.6. The Balaban J connectivity index is 2.89. The molecule has 0 aliphatic heterocycles. The number of benzene rings is 1. The predicted octanol–water partition coefficient (Wildman–Crippen LogP) is 2.43. The zero-order valence-corrected chi connectivity index (χ0v) is 10.4. The summed E-state index contributed by atoms with van der Waals surface area (Å²) >= 11 is 0. The van der Waals surface area contributed by atoms with Gasteiger partial charge in [0.15, 0.2) is 0 Å². The minimum Gasteiger partial charge on any atom is -0.469 e. The molecule has 0 spiro atoms. The van der Waals surface area contributed by atoms with Gasteiger partial charge in [-0.2, -0.15) is 0 Å². The summed E-state index contributed by atoms with van der Waals surface area (Å²) in [4.78, 5) is 11.3. The van der Waals surface area contributed by atoms with Gasteiger partial charge in [0.25, 0.3) is 0 Å². The van der Waals surface area contributed by atoms with Gasteiger partial charge in [-0.3, -0.25) is 4.79 Å². The number of carbonyl (C=O) groups excluding carboxylic acids is 1. The Morgan fingerprint density at radius 2 is 2.06 bits per heavy atom. The molecule has 0 fully saturated rings. The van der Waals surface area contributed by atoms with Gasteiger partial charge in [-0.05, 0) is 6.07 Å². The van der Waals surface area contributed by atoms with E-state index in [1.807, 2.05) is 13.8 Å². The number of esters is 1. The quantitative estimate of drug-likeness (QED) is 0.802. The molecular formula is C13H18FNO2. The van der Waals surface area contributed by atoms with Gasteiger partial charge in [0.05, 0.1) is 13.5 Å². The summed E-state index contributed by atoms with van der Waals surface area (Å²) in [5.74, 6) is -0.666. The molecule has 1 aromatic rings. The van der Waals surface area contributed by atoms with Crippen LogP contribution in [0.4, 0.5) is 4.39 Å². The molecule has 0 aliphatic carbocycles. The second-order valence-electron chi connectivity index (χ2n) is 4.18. The lowest BCUT2D eigenvalue weighted by atomic mass is 10.0. The molecule has 1 N–H and O–H groups in total. The summed E-state index contributed by atoms with van der Waals surface area (Å²) in [6.07, 6.45) is 0.121. The molecule has 0 amide bonds. The van der Waals surface area contributed by atoms with E-state index in [2.05, 4.69) is 10.1 Å². The molecule has 0 bridgehead atoms. The maximum Gasteiger partial charge on any atom is 0.307 e. The molecule has 0 aliphatic rings. The lowest BCUT2D eigenvalue weighted by molar-refractivity contribution is -0.141. The van der Waals surface area contributed by atoms with Crippen LogP contribution in [-0.2, 0) is 9.53 Å². The van der Waals surface area contributed by atoms with Gasteiger partial charge in [-0.25, -0.2) is 4.39 Å². The third-order valence-electron chi connectivity index (χ3n) is 2.41. The van der Waals surface area contributed by atoms with Crippen LogP contribution in [0.5, 0.6) is 0 Å². The van der Waals surface area contributed by atoms with Crippen LogP contribution >= 0.6 is 0 Å². The smallest absolute Gasteiger partial charge is 0.307 e. The molecule has 94 valence electrons. The van der Waals surface area contributed by atoms with Crippen molar-refractivity contribution in [2.75, 3.05) is 7.11 Å². The Morgan fingerprint density at radius 3 is 2.59 bits per heavy atom. The average molecular weight is 239 g/mol. The summed E-state index contributed by atoms with van der Waals surface area (Å²) in [7, 11) is 1.33. The highest BCUT2D eigenvalue weighted by Gasteiger charge is 2.19. The van der Waals surface area contributed by atoms with Crippen molar-refractivity contribution >= 4 is 5.97 Å². The molecule has 1 unspecified atom stereocenters. The van der Waals surface area contributed by atoms with Gasteiger partial charge in [0.2, 0.25) is 0 Å². The monoisotopic (exact) mass is 239 g/mol. The van der Waals surface area contributed by atoms with E-state index in [9.17, 15) is 9.18 Å². The Kier molecular flexibility index (Phi) is 5.10. The van der Waals surface area contributed by atoms with Gasteiger partial charge in [0, 0.05) is 17.6 Å². The highest BCUT2D eigenvalue weighted by Crippen LogP contribution is 2.21. The topological polar surface area (TPSA) is 38.3 Å². The maximum atomic E-state index is 13.7. The third kappa shape index (κ3) is 4.15. The van der Waals surface area contributed by atoms with E-state index in [-0.39, 0.29) is 30.3 Å². The van der Waals surface area contributed by atoms with Gasteiger partial charge < -0.3 is 10.1 Å². The van der Waals surface area contributed by atoms with Crippen molar-refractivity contribution in [2.24, 2.45) is 0 Å². The summed E-state index contributed by atoms with van der Waals surface area (Å²) in [6.45, 7) is 3.90. The van der Waals surface area contributed by atoms with Gasteiger partial charge in [-0.1, -0.05) is 32.0 Å². The highest BCUT2D eigenvalue weighted by molar-refractivity contribution is 5.70. The van der Waals surface area contributed by atoms with E-state index >= 15 is 0 Å². The summed E-state index contributed by atoms with van der Waals surface area (Å²) in [6, 6.07) is 6.25. The molecule has 4 heteroatoms. The van der Waals surface area contributed by atoms with Crippen LogP contribution in [0.1, 0.15) is 31.9 Å². The number of methoxy groups -OCH3 is 1. The van der Waals surface area contributed by atoms with Crippen LogP contribution in [0.15, 0.2) is 24.3 Å². The number of ether oxygens (including phenoxy) is 1. The number of nitrogens with one attached hydrogen (secondary N) is 1. The van der Waals surface area contributed by atoms with Crippen molar-refractivity contribution in [1.29, 1.82) is 0 Å². The first-order valence-corrected chi connectivity index (χ1v) is 5.62. The number of rotatable bonds is 5. The van der Waals surface area contributed by atoms with Crippen molar-refractivity contribution < 1.29 is 13.9 Å². The molecule has 0 radical (unpaired) electrons. The third-order valence-corrected chi connectivity index (χ3v) is 2.41. The lowest BCUT2D eigenvalue weighted by Gasteiger charge is -2.21. The standard InChI is InChI=1S/C13H18FNO2/c1-9(2)15-12(8-13(16)17-3)10-6-4-5-7-11(10)14/h4-7,9,12,15H,8H2,1-3H3. The first-order valence-electron chi connectivity index (χ1n) is 5.62. The average Bonchev–Trinajstić information content (AvgIpc) is 2.28. The van der Waals surface area contributed by atoms with Crippen molar-refractivity contribution in [2.45, 2.75) is 32.4 Å². The molecule has 0 saturated carbocycles. The largest absolute Gasteiger partial charge is 0.469 e. The molecular weight excluding hydrogens is 221 g/mol. The summed E-state index contributed by atoms with van der Waals surface area (Å²) in [5.41, 5.74) is 0.492. The van der Waals surface area contributed by atoms with Gasteiger partial charge in [-0.15, -0.1) is 0 Å². The molecule has 0 heterocycles. The minimum absolute atomic E-state index is 0.121. The van der Waals surface area contributed by atoms with E-state index in [0.717, 1.165) is 0 Å². The molecule has 1 aromatic carbocycles. The van der Waals surface area contributed by atoms with E-state index in [0.29, 0.717) is 5.56 Å². The molecule has 17 heavy (non-hydrogen) atoms.